The first-order valence-corrected chi connectivity index (χ1v) is 7.36. The summed E-state index contributed by atoms with van der Waals surface area (Å²) < 4.78 is 0. The van der Waals surface area contributed by atoms with Gasteiger partial charge < -0.3 is 10.0 Å². The molecule has 100 valence electrons. The molecule has 0 aromatic heterocycles. The molecule has 0 radical (unpaired) electrons. The van der Waals surface area contributed by atoms with Crippen LogP contribution >= 0.6 is 11.8 Å². The van der Waals surface area contributed by atoms with Crippen LogP contribution in [0.15, 0.2) is 29.3 Å². The number of phenols is 1. The van der Waals surface area contributed by atoms with Crippen LogP contribution in [0.2, 0.25) is 0 Å². The molecule has 0 spiro atoms. The van der Waals surface area contributed by atoms with Gasteiger partial charge in [-0.05, 0) is 38.4 Å². The Kier molecular flexibility index (Phi) is 7.53. The third-order valence-electron chi connectivity index (χ3n) is 2.43. The number of hydrogen-bond acceptors (Lipinski definition) is 4. The Morgan fingerprint density at radius 3 is 2.78 bits per heavy atom. The quantitative estimate of drug-likeness (QED) is 0.580. The van der Waals surface area contributed by atoms with E-state index in [4.69, 9.17) is 0 Å². The number of benzene rings is 1. The van der Waals surface area contributed by atoms with Crippen LogP contribution in [0.1, 0.15) is 12.0 Å². The molecule has 4 heteroatoms. The SMILES string of the molecule is CN(C)CCSCCCN=Cc1ccccc1O. The molecule has 0 aliphatic rings. The van der Waals surface area contributed by atoms with Crippen LogP contribution in [0, 0.1) is 0 Å². The Balaban J connectivity index is 2.09. The lowest BCUT2D eigenvalue weighted by Gasteiger charge is -2.07. The average molecular weight is 266 g/mol. The largest absolute Gasteiger partial charge is 0.507 e. The van der Waals surface area contributed by atoms with Crippen molar-refractivity contribution in [3.8, 4) is 5.75 Å². The molecule has 0 fully saturated rings. The van der Waals surface area contributed by atoms with Crippen molar-refractivity contribution in [1.82, 2.24) is 4.90 Å². The summed E-state index contributed by atoms with van der Waals surface area (Å²) >= 11 is 1.97. The maximum Gasteiger partial charge on any atom is 0.124 e. The summed E-state index contributed by atoms with van der Waals surface area (Å²) in [6, 6.07) is 7.26. The Morgan fingerprint density at radius 2 is 2.06 bits per heavy atom. The molecule has 0 bridgehead atoms. The molecule has 0 amide bonds. The molecular formula is C14H22N2OS. The Morgan fingerprint density at radius 1 is 1.28 bits per heavy atom. The van der Waals surface area contributed by atoms with Crippen LogP contribution < -0.4 is 0 Å². The van der Waals surface area contributed by atoms with Crippen molar-refractivity contribution in [3.05, 3.63) is 29.8 Å². The lowest BCUT2D eigenvalue weighted by Crippen LogP contribution is -2.15. The zero-order valence-corrected chi connectivity index (χ0v) is 12.0. The van der Waals surface area contributed by atoms with Gasteiger partial charge in [-0.25, -0.2) is 0 Å². The second-order valence-corrected chi connectivity index (χ2v) is 5.59. The van der Waals surface area contributed by atoms with E-state index in [0.29, 0.717) is 5.75 Å². The van der Waals surface area contributed by atoms with E-state index < -0.39 is 0 Å². The van der Waals surface area contributed by atoms with Gasteiger partial charge in [-0.3, -0.25) is 4.99 Å². The van der Waals surface area contributed by atoms with Gasteiger partial charge in [0, 0.05) is 30.6 Å². The zero-order chi connectivity index (χ0) is 13.2. The lowest BCUT2D eigenvalue weighted by molar-refractivity contribution is 0.437. The monoisotopic (exact) mass is 266 g/mol. The minimum Gasteiger partial charge on any atom is -0.507 e. The second kappa shape index (κ2) is 9.00. The number of aliphatic imine (C=N–C) groups is 1. The lowest BCUT2D eigenvalue weighted by atomic mass is 10.2. The van der Waals surface area contributed by atoms with E-state index in [1.165, 1.54) is 5.75 Å². The summed E-state index contributed by atoms with van der Waals surface area (Å²) in [5, 5.41) is 9.54. The molecule has 0 saturated carbocycles. The van der Waals surface area contributed by atoms with Crippen LogP contribution in [0.25, 0.3) is 0 Å². The number of thioether (sulfide) groups is 1. The summed E-state index contributed by atoms with van der Waals surface area (Å²) in [6.07, 6.45) is 2.84. The molecule has 1 N–H and O–H groups in total. The van der Waals surface area contributed by atoms with E-state index >= 15 is 0 Å². The summed E-state index contributed by atoms with van der Waals surface area (Å²) in [6.45, 7) is 1.95. The minimum absolute atomic E-state index is 0.293. The standard InChI is InChI=1S/C14H22N2OS/c1-16(2)9-11-18-10-5-8-15-12-13-6-3-4-7-14(13)17/h3-4,6-7,12,17H,5,8-11H2,1-2H3. The first-order valence-electron chi connectivity index (χ1n) is 6.20. The van der Waals surface area contributed by atoms with Crippen molar-refractivity contribution in [2.45, 2.75) is 6.42 Å². The highest BCUT2D eigenvalue weighted by Gasteiger charge is 1.94. The van der Waals surface area contributed by atoms with Crippen molar-refractivity contribution in [3.63, 3.8) is 0 Å². The molecule has 0 aliphatic heterocycles. The molecular weight excluding hydrogens is 244 g/mol. The predicted molar refractivity (Wildman–Crippen MR) is 81.1 cm³/mol. The zero-order valence-electron chi connectivity index (χ0n) is 11.2. The van der Waals surface area contributed by atoms with Gasteiger partial charge in [-0.15, -0.1) is 0 Å². The van der Waals surface area contributed by atoms with Crippen molar-refractivity contribution >= 4 is 18.0 Å². The van der Waals surface area contributed by atoms with Crippen molar-refractivity contribution in [1.29, 1.82) is 0 Å². The number of para-hydroxylation sites is 1. The van der Waals surface area contributed by atoms with Crippen molar-refractivity contribution in [2.75, 3.05) is 38.7 Å². The van der Waals surface area contributed by atoms with Gasteiger partial charge in [0.05, 0.1) is 0 Å². The molecule has 18 heavy (non-hydrogen) atoms. The average Bonchev–Trinajstić information content (AvgIpc) is 2.34. The topological polar surface area (TPSA) is 35.8 Å². The molecule has 0 aliphatic carbocycles. The molecule has 0 heterocycles. The third-order valence-corrected chi connectivity index (χ3v) is 3.47. The number of hydrogen-bond donors (Lipinski definition) is 1. The van der Waals surface area contributed by atoms with Gasteiger partial charge >= 0.3 is 0 Å². The third kappa shape index (κ3) is 6.67. The summed E-state index contributed by atoms with van der Waals surface area (Å²) in [4.78, 5) is 6.52. The number of phenolic OH excluding ortho intramolecular Hbond substituents is 1. The molecule has 3 nitrogen and oxygen atoms in total. The molecule has 1 rings (SSSR count). The van der Waals surface area contributed by atoms with Crippen LogP contribution in [0.5, 0.6) is 5.75 Å². The molecule has 1 aromatic rings. The van der Waals surface area contributed by atoms with Crippen LogP contribution in [0.3, 0.4) is 0 Å². The normalized spacial score (nSPS) is 11.5. The fourth-order valence-electron chi connectivity index (χ4n) is 1.37. The Hall–Kier alpha value is -1.00. The summed E-state index contributed by atoms with van der Waals surface area (Å²) in [5.74, 6) is 2.61. The molecule has 1 aromatic carbocycles. The fraction of sp³-hybridized carbons (Fsp3) is 0.500. The molecule has 0 unspecified atom stereocenters. The van der Waals surface area contributed by atoms with E-state index in [1.54, 1.807) is 12.3 Å². The summed E-state index contributed by atoms with van der Waals surface area (Å²) in [5.41, 5.74) is 0.790. The van der Waals surface area contributed by atoms with Crippen molar-refractivity contribution in [2.24, 2.45) is 4.99 Å². The van der Waals surface area contributed by atoms with Gasteiger partial charge in [0.25, 0.3) is 0 Å². The highest BCUT2D eigenvalue weighted by atomic mass is 32.2. The highest BCUT2D eigenvalue weighted by Crippen LogP contribution is 2.12. The Bertz CT molecular complexity index is 367. The number of nitrogens with zero attached hydrogens (tertiary/aromatic N) is 2. The minimum atomic E-state index is 0.293. The maximum absolute atomic E-state index is 9.54. The second-order valence-electron chi connectivity index (χ2n) is 4.36. The molecule has 0 saturated heterocycles. The Labute approximate surface area is 114 Å². The van der Waals surface area contributed by atoms with E-state index in [-0.39, 0.29) is 0 Å². The van der Waals surface area contributed by atoms with E-state index in [1.807, 2.05) is 30.0 Å². The van der Waals surface area contributed by atoms with Gasteiger partial charge in [0.1, 0.15) is 5.75 Å². The van der Waals surface area contributed by atoms with Gasteiger partial charge in [-0.1, -0.05) is 12.1 Å². The fourth-order valence-corrected chi connectivity index (χ4v) is 2.40. The highest BCUT2D eigenvalue weighted by molar-refractivity contribution is 7.99. The molecule has 0 atom stereocenters. The van der Waals surface area contributed by atoms with E-state index in [2.05, 4.69) is 24.0 Å². The smallest absolute Gasteiger partial charge is 0.124 e. The van der Waals surface area contributed by atoms with Crippen molar-refractivity contribution < 1.29 is 5.11 Å². The first kappa shape index (κ1) is 15.1. The van der Waals surface area contributed by atoms with Gasteiger partial charge in [0.15, 0.2) is 0 Å². The van der Waals surface area contributed by atoms with Crippen LogP contribution in [-0.2, 0) is 0 Å². The number of aromatic hydroxyl groups is 1. The summed E-state index contributed by atoms with van der Waals surface area (Å²) in [7, 11) is 4.19. The van der Waals surface area contributed by atoms with E-state index in [9.17, 15) is 5.11 Å². The van der Waals surface area contributed by atoms with Gasteiger partial charge in [0.2, 0.25) is 0 Å². The first-order chi connectivity index (χ1) is 8.70. The predicted octanol–water partition coefficient (Wildman–Crippen LogP) is 2.50. The maximum atomic E-state index is 9.54. The van der Waals surface area contributed by atoms with Gasteiger partial charge in [-0.2, -0.15) is 11.8 Å². The van der Waals surface area contributed by atoms with Crippen LogP contribution in [0.4, 0.5) is 0 Å². The van der Waals surface area contributed by atoms with E-state index in [0.717, 1.165) is 30.8 Å². The van der Waals surface area contributed by atoms with Crippen LogP contribution in [-0.4, -0.2) is 54.9 Å². The number of rotatable bonds is 8.